The summed E-state index contributed by atoms with van der Waals surface area (Å²) in [5.41, 5.74) is 2.41. The van der Waals surface area contributed by atoms with Crippen LogP contribution in [0.15, 0.2) is 36.4 Å². The molecular weight excluding hydrogens is 253 g/mol. The summed E-state index contributed by atoms with van der Waals surface area (Å²) >= 11 is 0. The Balaban J connectivity index is 1.75. The van der Waals surface area contributed by atoms with Crippen LogP contribution < -0.4 is 5.32 Å². The number of benzene rings is 1. The fourth-order valence-electron chi connectivity index (χ4n) is 2.39. The number of halogens is 1. The van der Waals surface area contributed by atoms with Crippen LogP contribution in [0, 0.1) is 24.1 Å². The van der Waals surface area contributed by atoms with Gasteiger partial charge in [-0.2, -0.15) is 5.26 Å². The van der Waals surface area contributed by atoms with Gasteiger partial charge in [0.25, 0.3) is 0 Å². The normalized spacial score (nSPS) is 20.2. The zero-order chi connectivity index (χ0) is 14.1. The van der Waals surface area contributed by atoms with Gasteiger partial charge in [0.1, 0.15) is 17.7 Å². The lowest BCUT2D eigenvalue weighted by Gasteiger charge is -2.08. The highest BCUT2D eigenvalue weighted by molar-refractivity contribution is 5.54. The van der Waals surface area contributed by atoms with Crippen LogP contribution in [0.3, 0.4) is 0 Å². The SMILES string of the molecule is Cc1ccc(C#N)c(N[C@@H]2C[C@H]2c2cccc(F)c2)n1. The molecule has 0 aliphatic heterocycles. The fourth-order valence-corrected chi connectivity index (χ4v) is 2.39. The lowest BCUT2D eigenvalue weighted by molar-refractivity contribution is 0.625. The molecule has 1 fully saturated rings. The summed E-state index contributed by atoms with van der Waals surface area (Å²) in [5.74, 6) is 0.704. The van der Waals surface area contributed by atoms with Crippen molar-refractivity contribution in [2.75, 3.05) is 5.32 Å². The summed E-state index contributed by atoms with van der Waals surface area (Å²) in [6.07, 6.45) is 0.934. The molecule has 1 aliphatic carbocycles. The third-order valence-corrected chi connectivity index (χ3v) is 3.54. The fraction of sp³-hybridized carbons (Fsp3) is 0.250. The Kier molecular flexibility index (Phi) is 3.11. The van der Waals surface area contributed by atoms with Gasteiger partial charge >= 0.3 is 0 Å². The van der Waals surface area contributed by atoms with E-state index >= 15 is 0 Å². The van der Waals surface area contributed by atoms with Gasteiger partial charge in [-0.05, 0) is 43.2 Å². The highest BCUT2D eigenvalue weighted by Crippen LogP contribution is 2.43. The highest BCUT2D eigenvalue weighted by atomic mass is 19.1. The van der Waals surface area contributed by atoms with E-state index in [2.05, 4.69) is 16.4 Å². The van der Waals surface area contributed by atoms with Crippen LogP contribution in [0.1, 0.15) is 29.2 Å². The summed E-state index contributed by atoms with van der Waals surface area (Å²) in [6, 6.07) is 12.6. The molecule has 1 saturated carbocycles. The van der Waals surface area contributed by atoms with E-state index in [1.807, 2.05) is 19.1 Å². The van der Waals surface area contributed by atoms with Crippen molar-refractivity contribution in [3.63, 3.8) is 0 Å². The Morgan fingerprint density at radius 1 is 1.35 bits per heavy atom. The third-order valence-electron chi connectivity index (χ3n) is 3.54. The number of hydrogen-bond acceptors (Lipinski definition) is 3. The van der Waals surface area contributed by atoms with Gasteiger partial charge in [0.15, 0.2) is 0 Å². The molecule has 1 heterocycles. The van der Waals surface area contributed by atoms with Gasteiger partial charge < -0.3 is 5.32 Å². The Morgan fingerprint density at radius 3 is 2.95 bits per heavy atom. The van der Waals surface area contributed by atoms with Gasteiger partial charge in [0.05, 0.1) is 5.56 Å². The van der Waals surface area contributed by atoms with Gasteiger partial charge in [0, 0.05) is 17.7 Å². The molecule has 0 spiro atoms. The van der Waals surface area contributed by atoms with Crippen molar-refractivity contribution in [2.24, 2.45) is 0 Å². The molecule has 0 radical (unpaired) electrons. The average Bonchev–Trinajstić information content (AvgIpc) is 3.18. The summed E-state index contributed by atoms with van der Waals surface area (Å²) < 4.78 is 13.2. The lowest BCUT2D eigenvalue weighted by Crippen LogP contribution is -2.08. The first-order chi connectivity index (χ1) is 9.67. The quantitative estimate of drug-likeness (QED) is 0.927. The number of nitrogens with one attached hydrogen (secondary N) is 1. The molecule has 2 aromatic rings. The molecule has 20 heavy (non-hydrogen) atoms. The van der Waals surface area contributed by atoms with E-state index in [1.165, 1.54) is 6.07 Å². The van der Waals surface area contributed by atoms with Crippen LogP contribution in [0.25, 0.3) is 0 Å². The molecule has 100 valence electrons. The molecule has 1 aliphatic rings. The molecule has 0 saturated heterocycles. The van der Waals surface area contributed by atoms with Crippen molar-refractivity contribution in [2.45, 2.75) is 25.3 Å². The topological polar surface area (TPSA) is 48.7 Å². The monoisotopic (exact) mass is 267 g/mol. The van der Waals surface area contributed by atoms with E-state index in [1.54, 1.807) is 18.2 Å². The highest BCUT2D eigenvalue weighted by Gasteiger charge is 2.39. The Bertz CT molecular complexity index is 690. The van der Waals surface area contributed by atoms with E-state index in [0.29, 0.717) is 17.3 Å². The number of aromatic nitrogens is 1. The van der Waals surface area contributed by atoms with E-state index in [0.717, 1.165) is 17.7 Å². The minimum Gasteiger partial charge on any atom is -0.366 e. The maximum atomic E-state index is 13.2. The lowest BCUT2D eigenvalue weighted by atomic mass is 10.1. The number of pyridine rings is 1. The van der Waals surface area contributed by atoms with Gasteiger partial charge in [-0.15, -0.1) is 0 Å². The van der Waals surface area contributed by atoms with Crippen molar-refractivity contribution in [3.8, 4) is 6.07 Å². The van der Waals surface area contributed by atoms with Crippen molar-refractivity contribution in [3.05, 3.63) is 59.0 Å². The summed E-state index contributed by atoms with van der Waals surface area (Å²) in [5, 5.41) is 12.4. The number of nitrogens with zero attached hydrogens (tertiary/aromatic N) is 2. The van der Waals surface area contributed by atoms with Crippen LogP contribution in [0.4, 0.5) is 10.2 Å². The number of rotatable bonds is 3. The van der Waals surface area contributed by atoms with Gasteiger partial charge in [0.2, 0.25) is 0 Å². The van der Waals surface area contributed by atoms with Crippen LogP contribution in [-0.2, 0) is 0 Å². The summed E-state index contributed by atoms with van der Waals surface area (Å²) in [4.78, 5) is 4.36. The molecule has 3 rings (SSSR count). The first-order valence-electron chi connectivity index (χ1n) is 6.57. The Hall–Kier alpha value is -2.41. The van der Waals surface area contributed by atoms with Crippen LogP contribution in [-0.4, -0.2) is 11.0 Å². The molecule has 1 aromatic carbocycles. The molecule has 3 nitrogen and oxygen atoms in total. The largest absolute Gasteiger partial charge is 0.366 e. The first kappa shape index (κ1) is 12.6. The molecular formula is C16H14FN3. The van der Waals surface area contributed by atoms with Gasteiger partial charge in [-0.25, -0.2) is 9.37 Å². The minimum atomic E-state index is -0.209. The van der Waals surface area contributed by atoms with Crippen LogP contribution in [0.5, 0.6) is 0 Å². The zero-order valence-electron chi connectivity index (χ0n) is 11.1. The predicted molar refractivity (Wildman–Crippen MR) is 74.9 cm³/mol. The third kappa shape index (κ3) is 2.48. The van der Waals surface area contributed by atoms with Gasteiger partial charge in [-0.1, -0.05) is 12.1 Å². The average molecular weight is 267 g/mol. The molecule has 1 N–H and O–H groups in total. The number of nitriles is 1. The number of hydrogen-bond donors (Lipinski definition) is 1. The molecule has 1 aromatic heterocycles. The van der Waals surface area contributed by atoms with Crippen LogP contribution >= 0.6 is 0 Å². The van der Waals surface area contributed by atoms with Crippen molar-refractivity contribution < 1.29 is 4.39 Å². The van der Waals surface area contributed by atoms with Crippen molar-refractivity contribution in [1.29, 1.82) is 5.26 Å². The van der Waals surface area contributed by atoms with E-state index in [-0.39, 0.29) is 11.9 Å². The number of anilines is 1. The predicted octanol–water partition coefficient (Wildman–Crippen LogP) is 3.37. The first-order valence-corrected chi connectivity index (χ1v) is 6.57. The summed E-state index contributed by atoms with van der Waals surface area (Å²) in [6.45, 7) is 1.89. The molecule has 2 atom stereocenters. The van der Waals surface area contributed by atoms with Crippen molar-refractivity contribution >= 4 is 5.82 Å². The maximum Gasteiger partial charge on any atom is 0.144 e. The second kappa shape index (κ2) is 4.93. The second-order valence-corrected chi connectivity index (χ2v) is 5.11. The Labute approximate surface area is 117 Å². The van der Waals surface area contributed by atoms with Gasteiger partial charge in [-0.3, -0.25) is 0 Å². The standard InChI is InChI=1S/C16H14FN3/c1-10-5-6-12(9-18)16(19-10)20-15-8-14(15)11-3-2-4-13(17)7-11/h2-7,14-15H,8H2,1H3,(H,19,20)/t14-,15+/m0/s1. The number of aryl methyl sites for hydroxylation is 1. The second-order valence-electron chi connectivity index (χ2n) is 5.11. The van der Waals surface area contributed by atoms with E-state index in [4.69, 9.17) is 5.26 Å². The minimum absolute atomic E-state index is 0.209. The van der Waals surface area contributed by atoms with E-state index in [9.17, 15) is 4.39 Å². The smallest absolute Gasteiger partial charge is 0.144 e. The summed E-state index contributed by atoms with van der Waals surface area (Å²) in [7, 11) is 0. The Morgan fingerprint density at radius 2 is 2.20 bits per heavy atom. The molecule has 0 bridgehead atoms. The maximum absolute atomic E-state index is 13.2. The molecule has 4 heteroatoms. The van der Waals surface area contributed by atoms with E-state index < -0.39 is 0 Å². The molecule has 0 unspecified atom stereocenters. The zero-order valence-corrected chi connectivity index (χ0v) is 11.1. The molecule has 0 amide bonds. The van der Waals surface area contributed by atoms with Crippen LogP contribution in [0.2, 0.25) is 0 Å². The van der Waals surface area contributed by atoms with Crippen molar-refractivity contribution in [1.82, 2.24) is 4.98 Å².